The van der Waals surface area contributed by atoms with Crippen molar-refractivity contribution in [3.8, 4) is 5.75 Å². The topological polar surface area (TPSA) is 46.5 Å². The lowest BCUT2D eigenvalue weighted by Crippen LogP contribution is -2.16. The van der Waals surface area contributed by atoms with Gasteiger partial charge in [0, 0.05) is 4.90 Å². The van der Waals surface area contributed by atoms with Gasteiger partial charge >= 0.3 is 5.97 Å². The van der Waals surface area contributed by atoms with Crippen molar-refractivity contribution in [1.29, 1.82) is 0 Å². The molecule has 1 unspecified atom stereocenters. The molecule has 140 valence electrons. The van der Waals surface area contributed by atoms with E-state index < -0.39 is 11.2 Å². The Balaban J connectivity index is 1.78. The highest BCUT2D eigenvalue weighted by Crippen LogP contribution is 2.30. The van der Waals surface area contributed by atoms with Crippen molar-refractivity contribution in [1.82, 2.24) is 0 Å². The van der Waals surface area contributed by atoms with Gasteiger partial charge in [0.25, 0.3) is 0 Å². The Morgan fingerprint density at radius 2 is 1.69 bits per heavy atom. The van der Waals surface area contributed by atoms with E-state index >= 15 is 0 Å². The molecule has 0 radical (unpaired) electrons. The van der Waals surface area contributed by atoms with Crippen LogP contribution in [0.25, 0.3) is 0 Å². The monoisotopic (exact) mass is 372 g/mol. The van der Waals surface area contributed by atoms with Gasteiger partial charge < -0.3 is 9.84 Å². The molecule has 0 heterocycles. The second-order valence-corrected chi connectivity index (χ2v) is 8.65. The van der Waals surface area contributed by atoms with Gasteiger partial charge in [0.2, 0.25) is 0 Å². The molecule has 2 aromatic carbocycles. The van der Waals surface area contributed by atoms with E-state index in [9.17, 15) is 9.90 Å². The van der Waals surface area contributed by atoms with Crippen LogP contribution in [0.15, 0.2) is 59.5 Å². The minimum atomic E-state index is -0.751. The largest absolute Gasteiger partial charge is 0.494 e. The molecule has 4 heteroatoms. The Labute approximate surface area is 160 Å². The summed E-state index contributed by atoms with van der Waals surface area (Å²) in [7, 11) is 0. The van der Waals surface area contributed by atoms with E-state index in [0.717, 1.165) is 23.5 Å². The number of aliphatic carboxylic acids is 1. The predicted molar refractivity (Wildman–Crippen MR) is 108 cm³/mol. The number of thioether (sulfide) groups is 1. The summed E-state index contributed by atoms with van der Waals surface area (Å²) in [6.07, 6.45) is 2.32. The first kappa shape index (κ1) is 20.4. The van der Waals surface area contributed by atoms with Crippen molar-refractivity contribution in [3.63, 3.8) is 0 Å². The van der Waals surface area contributed by atoms with Crippen LogP contribution in [0.3, 0.4) is 0 Å². The molecule has 0 bridgehead atoms. The third-order valence-corrected chi connectivity index (χ3v) is 5.41. The molecule has 2 aromatic rings. The second kappa shape index (κ2) is 9.67. The highest BCUT2D eigenvalue weighted by molar-refractivity contribution is 8.00. The van der Waals surface area contributed by atoms with Crippen molar-refractivity contribution in [2.75, 3.05) is 6.61 Å². The summed E-state index contributed by atoms with van der Waals surface area (Å²) in [6, 6.07) is 17.9. The molecule has 26 heavy (non-hydrogen) atoms. The average molecular weight is 373 g/mol. The minimum Gasteiger partial charge on any atom is -0.494 e. The van der Waals surface area contributed by atoms with Gasteiger partial charge in [-0.1, -0.05) is 51.1 Å². The fraction of sp³-hybridized carbons (Fsp3) is 0.409. The number of carboxylic acid groups (broad SMARTS) is 1. The molecule has 0 fully saturated rings. The third kappa shape index (κ3) is 6.75. The van der Waals surface area contributed by atoms with Crippen molar-refractivity contribution >= 4 is 17.7 Å². The molecule has 0 saturated carbocycles. The Bertz CT molecular complexity index is 675. The van der Waals surface area contributed by atoms with Gasteiger partial charge in [0.1, 0.15) is 11.0 Å². The summed E-state index contributed by atoms with van der Waals surface area (Å²) in [5.74, 6) is 0.106. The highest BCUT2D eigenvalue weighted by atomic mass is 32.2. The van der Waals surface area contributed by atoms with E-state index in [1.54, 1.807) is 0 Å². The third-order valence-electron chi connectivity index (χ3n) is 4.15. The van der Waals surface area contributed by atoms with E-state index in [1.807, 2.05) is 42.5 Å². The molecule has 2 rings (SSSR count). The summed E-state index contributed by atoms with van der Waals surface area (Å²) >= 11 is 1.43. The zero-order valence-corrected chi connectivity index (χ0v) is 16.6. The number of ether oxygens (including phenoxy) is 1. The summed E-state index contributed by atoms with van der Waals surface area (Å²) < 4.78 is 5.66. The first-order chi connectivity index (χ1) is 12.4. The fourth-order valence-electron chi connectivity index (χ4n) is 2.57. The second-order valence-electron chi connectivity index (χ2n) is 7.38. The van der Waals surface area contributed by atoms with Gasteiger partial charge in [0.05, 0.1) is 6.61 Å². The number of carboxylic acids is 1. The zero-order chi connectivity index (χ0) is 19.0. The summed E-state index contributed by atoms with van der Waals surface area (Å²) in [6.45, 7) is 7.13. The van der Waals surface area contributed by atoms with Crippen LogP contribution in [0.4, 0.5) is 0 Å². The van der Waals surface area contributed by atoms with Gasteiger partial charge in [-0.15, -0.1) is 11.8 Å². The zero-order valence-electron chi connectivity index (χ0n) is 15.8. The SMILES string of the molecule is CC(C)(C)c1ccc(SC(CCCCOc2ccccc2)C(=O)O)cc1. The molecule has 1 atom stereocenters. The summed E-state index contributed by atoms with van der Waals surface area (Å²) in [5.41, 5.74) is 1.36. The number of carbonyl (C=O) groups is 1. The van der Waals surface area contributed by atoms with Crippen LogP contribution in [0.2, 0.25) is 0 Å². The van der Waals surface area contributed by atoms with Crippen molar-refractivity contribution < 1.29 is 14.6 Å². The molecule has 0 spiro atoms. The quantitative estimate of drug-likeness (QED) is 0.448. The van der Waals surface area contributed by atoms with Crippen molar-refractivity contribution in [2.24, 2.45) is 0 Å². The van der Waals surface area contributed by atoms with Crippen LogP contribution in [0.1, 0.15) is 45.6 Å². The molecule has 0 aliphatic heterocycles. The Morgan fingerprint density at radius 1 is 1.04 bits per heavy atom. The number of unbranched alkanes of at least 4 members (excludes halogenated alkanes) is 1. The number of hydrogen-bond donors (Lipinski definition) is 1. The first-order valence-corrected chi connectivity index (χ1v) is 9.92. The molecule has 0 aliphatic carbocycles. The Kier molecular flexibility index (Phi) is 7.58. The lowest BCUT2D eigenvalue weighted by molar-refractivity contribution is -0.136. The van der Waals surface area contributed by atoms with Gasteiger partial charge in [-0.2, -0.15) is 0 Å². The molecular weight excluding hydrogens is 344 g/mol. The first-order valence-electron chi connectivity index (χ1n) is 9.04. The van der Waals surface area contributed by atoms with E-state index in [4.69, 9.17) is 4.74 Å². The number of hydrogen-bond acceptors (Lipinski definition) is 3. The number of benzene rings is 2. The van der Waals surface area contributed by atoms with Crippen LogP contribution >= 0.6 is 11.8 Å². The lowest BCUT2D eigenvalue weighted by atomic mass is 9.87. The van der Waals surface area contributed by atoms with Gasteiger partial charge in [-0.05, 0) is 54.5 Å². The van der Waals surface area contributed by atoms with Gasteiger partial charge in [-0.25, -0.2) is 0 Å². The maximum atomic E-state index is 11.6. The Morgan fingerprint density at radius 3 is 2.27 bits per heavy atom. The maximum Gasteiger partial charge on any atom is 0.316 e. The van der Waals surface area contributed by atoms with E-state index in [0.29, 0.717) is 13.0 Å². The van der Waals surface area contributed by atoms with Crippen molar-refractivity contribution in [2.45, 2.75) is 55.6 Å². The normalized spacial score (nSPS) is 12.6. The van der Waals surface area contributed by atoms with Crippen LogP contribution in [0, 0.1) is 0 Å². The summed E-state index contributed by atoms with van der Waals surface area (Å²) in [5, 5.41) is 9.08. The molecule has 0 saturated heterocycles. The van der Waals surface area contributed by atoms with Crippen LogP contribution in [0.5, 0.6) is 5.75 Å². The predicted octanol–water partition coefficient (Wildman–Crippen LogP) is 5.78. The van der Waals surface area contributed by atoms with Crippen molar-refractivity contribution in [3.05, 3.63) is 60.2 Å². The number of para-hydroxylation sites is 1. The van der Waals surface area contributed by atoms with Crippen LogP contribution in [-0.4, -0.2) is 22.9 Å². The van der Waals surface area contributed by atoms with Gasteiger partial charge in [-0.3, -0.25) is 4.79 Å². The van der Waals surface area contributed by atoms with Crippen LogP contribution in [-0.2, 0) is 10.2 Å². The van der Waals surface area contributed by atoms with Crippen LogP contribution < -0.4 is 4.74 Å². The highest BCUT2D eigenvalue weighted by Gasteiger charge is 2.19. The standard InChI is InChI=1S/C22H28O3S/c1-22(2,3)17-12-14-19(15-13-17)26-20(21(23)24)11-7-8-16-25-18-9-5-4-6-10-18/h4-6,9-10,12-15,20H,7-8,11,16H2,1-3H3,(H,23,24). The maximum absolute atomic E-state index is 11.6. The van der Waals surface area contributed by atoms with E-state index in [-0.39, 0.29) is 5.41 Å². The molecule has 0 aromatic heterocycles. The smallest absolute Gasteiger partial charge is 0.316 e. The fourth-order valence-corrected chi connectivity index (χ4v) is 3.58. The molecule has 3 nitrogen and oxygen atoms in total. The number of rotatable bonds is 9. The van der Waals surface area contributed by atoms with E-state index in [2.05, 4.69) is 32.9 Å². The molecular formula is C22H28O3S. The van der Waals surface area contributed by atoms with Gasteiger partial charge in [0.15, 0.2) is 0 Å². The minimum absolute atomic E-state index is 0.105. The molecule has 0 aliphatic rings. The van der Waals surface area contributed by atoms with E-state index in [1.165, 1.54) is 17.3 Å². The molecule has 1 N–H and O–H groups in total. The molecule has 0 amide bonds. The Hall–Kier alpha value is -1.94. The summed E-state index contributed by atoms with van der Waals surface area (Å²) in [4.78, 5) is 12.6. The lowest BCUT2D eigenvalue weighted by Gasteiger charge is -2.19. The average Bonchev–Trinajstić information content (AvgIpc) is 2.61.